The average molecular weight is 465 g/mol. The monoisotopic (exact) mass is 464 g/mol. The molecular formula is C18H30ClIN4. The maximum Gasteiger partial charge on any atom is 0.191 e. The lowest BCUT2D eigenvalue weighted by Gasteiger charge is -2.35. The number of likely N-dealkylation sites (tertiary alicyclic amines) is 1. The molecule has 24 heavy (non-hydrogen) atoms. The van der Waals surface area contributed by atoms with E-state index in [0.717, 1.165) is 37.0 Å². The second-order valence-electron chi connectivity index (χ2n) is 6.39. The highest BCUT2D eigenvalue weighted by Gasteiger charge is 2.21. The average Bonchev–Trinajstić information content (AvgIpc) is 2.56. The summed E-state index contributed by atoms with van der Waals surface area (Å²) in [6.45, 7) is 7.68. The number of aliphatic imine (C=N–C) groups is 1. The lowest BCUT2D eigenvalue weighted by Crippen LogP contribution is -2.50. The Kier molecular flexibility index (Phi) is 10.0. The molecule has 136 valence electrons. The van der Waals surface area contributed by atoms with Crippen LogP contribution in [0.1, 0.15) is 32.3 Å². The van der Waals surface area contributed by atoms with Crippen LogP contribution >= 0.6 is 35.6 Å². The van der Waals surface area contributed by atoms with Crippen molar-refractivity contribution in [1.82, 2.24) is 15.5 Å². The summed E-state index contributed by atoms with van der Waals surface area (Å²) in [7, 11) is 1.83. The van der Waals surface area contributed by atoms with E-state index in [1.165, 1.54) is 18.4 Å². The van der Waals surface area contributed by atoms with Gasteiger partial charge in [0.2, 0.25) is 0 Å². The molecule has 1 aliphatic heterocycles. The highest BCUT2D eigenvalue weighted by Crippen LogP contribution is 2.15. The highest BCUT2D eigenvalue weighted by atomic mass is 127. The van der Waals surface area contributed by atoms with E-state index >= 15 is 0 Å². The molecule has 0 aliphatic carbocycles. The van der Waals surface area contributed by atoms with E-state index < -0.39 is 0 Å². The van der Waals surface area contributed by atoms with Crippen LogP contribution in [0.2, 0.25) is 5.02 Å². The number of piperidine rings is 1. The minimum atomic E-state index is 0. The number of halogens is 2. The molecule has 4 nitrogen and oxygen atoms in total. The second-order valence-corrected chi connectivity index (χ2v) is 6.80. The first-order chi connectivity index (χ1) is 11.1. The molecule has 0 saturated carbocycles. The summed E-state index contributed by atoms with van der Waals surface area (Å²) >= 11 is 6.19. The van der Waals surface area contributed by atoms with Gasteiger partial charge < -0.3 is 15.5 Å². The summed E-state index contributed by atoms with van der Waals surface area (Å²) in [6, 6.07) is 9.15. The molecule has 0 spiro atoms. The zero-order chi connectivity index (χ0) is 16.7. The number of guanidine groups is 1. The van der Waals surface area contributed by atoms with E-state index in [4.69, 9.17) is 11.6 Å². The Morgan fingerprint density at radius 3 is 2.54 bits per heavy atom. The maximum absolute atomic E-state index is 6.19. The molecule has 0 bridgehead atoms. The fraction of sp³-hybridized carbons (Fsp3) is 0.611. The van der Waals surface area contributed by atoms with Gasteiger partial charge in [0.1, 0.15) is 0 Å². The van der Waals surface area contributed by atoms with Gasteiger partial charge in [-0.2, -0.15) is 0 Å². The lowest BCUT2D eigenvalue weighted by atomic mass is 10.0. The summed E-state index contributed by atoms with van der Waals surface area (Å²) in [4.78, 5) is 6.87. The van der Waals surface area contributed by atoms with Gasteiger partial charge in [-0.1, -0.05) is 29.8 Å². The van der Waals surface area contributed by atoms with Crippen molar-refractivity contribution in [2.75, 3.05) is 26.7 Å². The number of benzene rings is 1. The van der Waals surface area contributed by atoms with Gasteiger partial charge in [0.25, 0.3) is 0 Å². The predicted octanol–water partition coefficient (Wildman–Crippen LogP) is 3.54. The van der Waals surface area contributed by atoms with E-state index in [1.54, 1.807) is 0 Å². The Morgan fingerprint density at radius 2 is 1.96 bits per heavy atom. The fourth-order valence-corrected chi connectivity index (χ4v) is 3.20. The quantitative estimate of drug-likeness (QED) is 0.398. The topological polar surface area (TPSA) is 39.7 Å². The Hall–Kier alpha value is -0.530. The number of hydrogen-bond acceptors (Lipinski definition) is 2. The van der Waals surface area contributed by atoms with Crippen LogP contribution in [0.15, 0.2) is 29.3 Å². The molecule has 0 radical (unpaired) electrons. The zero-order valence-corrected chi connectivity index (χ0v) is 18.0. The van der Waals surface area contributed by atoms with Crippen LogP contribution in [0.5, 0.6) is 0 Å². The second kappa shape index (κ2) is 11.2. The van der Waals surface area contributed by atoms with Crippen LogP contribution in [0.4, 0.5) is 0 Å². The number of nitrogens with zero attached hydrogens (tertiary/aromatic N) is 2. The molecule has 0 amide bonds. The van der Waals surface area contributed by atoms with Gasteiger partial charge in [-0.25, -0.2) is 0 Å². The molecule has 1 heterocycles. The molecule has 0 aromatic heterocycles. The van der Waals surface area contributed by atoms with Crippen LogP contribution in [0.3, 0.4) is 0 Å². The summed E-state index contributed by atoms with van der Waals surface area (Å²) in [5, 5.41) is 7.77. The fourth-order valence-electron chi connectivity index (χ4n) is 2.96. The van der Waals surface area contributed by atoms with E-state index in [-0.39, 0.29) is 24.0 Å². The zero-order valence-electron chi connectivity index (χ0n) is 14.9. The van der Waals surface area contributed by atoms with E-state index in [0.29, 0.717) is 12.1 Å². The third-order valence-corrected chi connectivity index (χ3v) is 4.84. The third-order valence-electron chi connectivity index (χ3n) is 4.47. The van der Waals surface area contributed by atoms with Gasteiger partial charge in [-0.3, -0.25) is 4.99 Å². The Morgan fingerprint density at radius 1 is 1.29 bits per heavy atom. The highest BCUT2D eigenvalue weighted by molar-refractivity contribution is 14.0. The Bertz CT molecular complexity index is 513. The van der Waals surface area contributed by atoms with Crippen LogP contribution in [-0.4, -0.2) is 49.6 Å². The molecule has 1 fully saturated rings. The van der Waals surface area contributed by atoms with Gasteiger partial charge >= 0.3 is 0 Å². The van der Waals surface area contributed by atoms with Crippen molar-refractivity contribution in [3.8, 4) is 0 Å². The molecule has 1 aromatic carbocycles. The number of rotatable bonds is 5. The molecule has 2 N–H and O–H groups in total. The van der Waals surface area contributed by atoms with Gasteiger partial charge in [-0.15, -0.1) is 24.0 Å². The molecule has 1 aliphatic rings. The smallest absolute Gasteiger partial charge is 0.191 e. The van der Waals surface area contributed by atoms with E-state index in [1.807, 2.05) is 25.2 Å². The minimum absolute atomic E-state index is 0. The van der Waals surface area contributed by atoms with Crippen LogP contribution in [-0.2, 0) is 6.42 Å². The molecule has 1 saturated heterocycles. The normalized spacial score (nSPS) is 16.8. The molecular weight excluding hydrogens is 435 g/mol. The summed E-state index contributed by atoms with van der Waals surface area (Å²) in [5.74, 6) is 0.889. The van der Waals surface area contributed by atoms with Crippen molar-refractivity contribution in [2.24, 2.45) is 4.99 Å². The standard InChI is InChI=1S/C18H29ClN4.HI/c1-14(2)23-12-9-16(10-13-23)22-18(20-3)21-11-8-15-6-4-5-7-17(15)19;/h4-7,14,16H,8-13H2,1-3H3,(H2,20,21,22);1H. The first-order valence-corrected chi connectivity index (χ1v) is 8.92. The van der Waals surface area contributed by atoms with Crippen molar-refractivity contribution in [2.45, 2.75) is 45.2 Å². The van der Waals surface area contributed by atoms with E-state index in [9.17, 15) is 0 Å². The summed E-state index contributed by atoms with van der Waals surface area (Å²) in [5.41, 5.74) is 1.17. The first-order valence-electron chi connectivity index (χ1n) is 8.54. The Labute approximate surface area is 168 Å². The molecule has 6 heteroatoms. The lowest BCUT2D eigenvalue weighted by molar-refractivity contribution is 0.167. The number of nitrogens with one attached hydrogen (secondary N) is 2. The summed E-state index contributed by atoms with van der Waals surface area (Å²) < 4.78 is 0. The SMILES string of the molecule is CN=C(NCCc1ccccc1Cl)NC1CCN(C(C)C)CC1.I. The van der Waals surface area contributed by atoms with Gasteiger partial charge in [0.05, 0.1) is 0 Å². The van der Waals surface area contributed by atoms with Crippen molar-refractivity contribution in [3.05, 3.63) is 34.9 Å². The summed E-state index contributed by atoms with van der Waals surface area (Å²) in [6.07, 6.45) is 3.24. The largest absolute Gasteiger partial charge is 0.356 e. The van der Waals surface area contributed by atoms with Crippen molar-refractivity contribution in [1.29, 1.82) is 0 Å². The van der Waals surface area contributed by atoms with Crippen molar-refractivity contribution in [3.63, 3.8) is 0 Å². The molecule has 0 unspecified atom stereocenters. The van der Waals surface area contributed by atoms with Gasteiger partial charge in [0.15, 0.2) is 5.96 Å². The van der Waals surface area contributed by atoms with E-state index in [2.05, 4.69) is 40.4 Å². The predicted molar refractivity (Wildman–Crippen MR) is 115 cm³/mol. The van der Waals surface area contributed by atoms with Gasteiger partial charge in [-0.05, 0) is 44.7 Å². The maximum atomic E-state index is 6.19. The molecule has 1 aromatic rings. The van der Waals surface area contributed by atoms with Crippen LogP contribution in [0, 0.1) is 0 Å². The third kappa shape index (κ3) is 6.76. The van der Waals surface area contributed by atoms with Crippen molar-refractivity contribution >= 4 is 41.5 Å². The van der Waals surface area contributed by atoms with Gasteiger partial charge in [0, 0.05) is 43.8 Å². The number of hydrogen-bond donors (Lipinski definition) is 2. The molecule has 2 rings (SSSR count). The first kappa shape index (κ1) is 21.5. The molecule has 0 atom stereocenters. The minimum Gasteiger partial charge on any atom is -0.356 e. The van der Waals surface area contributed by atoms with Crippen LogP contribution in [0.25, 0.3) is 0 Å². The van der Waals surface area contributed by atoms with Crippen molar-refractivity contribution < 1.29 is 0 Å². The Balaban J connectivity index is 0.00000288. The van der Waals surface area contributed by atoms with Crippen LogP contribution < -0.4 is 10.6 Å².